The van der Waals surface area contributed by atoms with E-state index in [0.717, 1.165) is 33.7 Å². The van der Waals surface area contributed by atoms with Crippen LogP contribution in [-0.2, 0) is 14.1 Å². The number of H-pyrrole nitrogens is 1. The van der Waals surface area contributed by atoms with Gasteiger partial charge in [-0.15, -0.1) is 0 Å². The van der Waals surface area contributed by atoms with E-state index in [1.807, 2.05) is 34.0 Å². The summed E-state index contributed by atoms with van der Waals surface area (Å²) in [6.07, 6.45) is 0. The Labute approximate surface area is 109 Å². The van der Waals surface area contributed by atoms with Crippen LogP contribution < -0.4 is 5.56 Å². The lowest BCUT2D eigenvalue weighted by atomic mass is 10.1. The van der Waals surface area contributed by atoms with Crippen LogP contribution in [-0.4, -0.2) is 24.5 Å². The zero-order chi connectivity index (χ0) is 13.7. The zero-order valence-corrected chi connectivity index (χ0v) is 11.4. The fraction of sp³-hybridized carbons (Fsp3) is 0.308. The Kier molecular flexibility index (Phi) is 2.35. The Morgan fingerprint density at radius 2 is 1.84 bits per heavy atom. The molecule has 19 heavy (non-hydrogen) atoms. The van der Waals surface area contributed by atoms with Gasteiger partial charge < -0.3 is 4.98 Å². The number of aromatic amines is 1. The summed E-state index contributed by atoms with van der Waals surface area (Å²) in [7, 11) is 3.70. The van der Waals surface area contributed by atoms with Crippen molar-refractivity contribution in [3.8, 4) is 11.3 Å². The van der Waals surface area contributed by atoms with Gasteiger partial charge in [0.15, 0.2) is 0 Å². The van der Waals surface area contributed by atoms with Gasteiger partial charge in [-0.2, -0.15) is 10.2 Å². The smallest absolute Gasteiger partial charge is 0.250 e. The molecule has 0 unspecified atom stereocenters. The highest BCUT2D eigenvalue weighted by atomic mass is 16.1. The van der Waals surface area contributed by atoms with Gasteiger partial charge in [-0.25, -0.2) is 0 Å². The van der Waals surface area contributed by atoms with Crippen molar-refractivity contribution < 1.29 is 0 Å². The first-order chi connectivity index (χ1) is 8.97. The number of rotatable bonds is 1. The molecule has 3 heterocycles. The van der Waals surface area contributed by atoms with E-state index >= 15 is 0 Å². The Hall–Kier alpha value is -2.37. The average molecular weight is 257 g/mol. The fourth-order valence-electron chi connectivity index (χ4n) is 2.54. The third-order valence-corrected chi connectivity index (χ3v) is 3.29. The molecule has 6 heteroatoms. The molecule has 3 aromatic rings. The summed E-state index contributed by atoms with van der Waals surface area (Å²) < 4.78 is 3.48. The van der Waals surface area contributed by atoms with E-state index < -0.39 is 0 Å². The number of hydrogen-bond donors (Lipinski definition) is 1. The van der Waals surface area contributed by atoms with Gasteiger partial charge in [-0.1, -0.05) is 0 Å². The second-order valence-electron chi connectivity index (χ2n) is 4.77. The maximum Gasteiger partial charge on any atom is 0.250 e. The lowest BCUT2D eigenvalue weighted by Crippen LogP contribution is -2.07. The van der Waals surface area contributed by atoms with Crippen LogP contribution in [0.1, 0.15) is 11.4 Å². The molecule has 0 radical (unpaired) electrons. The minimum atomic E-state index is -0.135. The number of pyridine rings is 1. The van der Waals surface area contributed by atoms with Crippen LogP contribution in [0.15, 0.2) is 16.9 Å². The van der Waals surface area contributed by atoms with E-state index in [4.69, 9.17) is 0 Å². The number of aryl methyl sites for hydroxylation is 4. The number of hydrogen-bond acceptors (Lipinski definition) is 3. The molecule has 0 amide bonds. The Morgan fingerprint density at radius 3 is 2.47 bits per heavy atom. The van der Waals surface area contributed by atoms with Crippen molar-refractivity contribution in [2.24, 2.45) is 14.1 Å². The monoisotopic (exact) mass is 257 g/mol. The third-order valence-electron chi connectivity index (χ3n) is 3.29. The van der Waals surface area contributed by atoms with Crippen molar-refractivity contribution in [2.75, 3.05) is 0 Å². The summed E-state index contributed by atoms with van der Waals surface area (Å²) in [6.45, 7) is 3.87. The second kappa shape index (κ2) is 3.81. The van der Waals surface area contributed by atoms with Crippen molar-refractivity contribution in [1.82, 2.24) is 24.5 Å². The molecule has 0 aromatic carbocycles. The van der Waals surface area contributed by atoms with Crippen molar-refractivity contribution in [3.63, 3.8) is 0 Å². The van der Waals surface area contributed by atoms with Gasteiger partial charge in [0.2, 0.25) is 5.56 Å². The standard InChI is InChI=1S/C13H15N5O/c1-7-5-10(17(3)15-7)9-6-11(19)14-13-12(9)8(2)16-18(13)4/h5-6H,1-4H3,(H,14,19). The second-order valence-corrected chi connectivity index (χ2v) is 4.77. The first kappa shape index (κ1) is 11.7. The number of nitrogens with one attached hydrogen (secondary N) is 1. The molecule has 0 aliphatic rings. The SMILES string of the molecule is Cc1cc(-c2cc(=O)[nH]c3c2c(C)nn3C)n(C)n1. The van der Waals surface area contributed by atoms with E-state index in [1.165, 1.54) is 0 Å². The maximum absolute atomic E-state index is 11.8. The summed E-state index contributed by atoms with van der Waals surface area (Å²) in [5, 5.41) is 9.67. The van der Waals surface area contributed by atoms with Crippen LogP contribution in [0.4, 0.5) is 0 Å². The van der Waals surface area contributed by atoms with Crippen molar-refractivity contribution in [3.05, 3.63) is 33.9 Å². The summed E-state index contributed by atoms with van der Waals surface area (Å²) in [5.41, 5.74) is 4.20. The minimum Gasteiger partial charge on any atom is -0.307 e. The normalized spacial score (nSPS) is 11.4. The molecule has 0 spiro atoms. The van der Waals surface area contributed by atoms with Gasteiger partial charge in [0, 0.05) is 31.1 Å². The molecule has 3 aromatic heterocycles. The van der Waals surface area contributed by atoms with E-state index in [0.29, 0.717) is 0 Å². The molecule has 0 saturated carbocycles. The first-order valence-corrected chi connectivity index (χ1v) is 6.05. The van der Waals surface area contributed by atoms with Gasteiger partial charge >= 0.3 is 0 Å². The number of nitrogens with zero attached hydrogens (tertiary/aromatic N) is 4. The van der Waals surface area contributed by atoms with E-state index in [1.54, 1.807) is 15.4 Å². The number of fused-ring (bicyclic) bond motifs is 1. The Morgan fingerprint density at radius 1 is 1.11 bits per heavy atom. The van der Waals surface area contributed by atoms with Crippen molar-refractivity contribution in [2.45, 2.75) is 13.8 Å². The fourth-order valence-corrected chi connectivity index (χ4v) is 2.54. The predicted octanol–water partition coefficient (Wildman–Crippen LogP) is 1.28. The molecule has 6 nitrogen and oxygen atoms in total. The molecule has 0 fully saturated rings. The zero-order valence-electron chi connectivity index (χ0n) is 11.4. The van der Waals surface area contributed by atoms with Crippen LogP contribution in [0.3, 0.4) is 0 Å². The van der Waals surface area contributed by atoms with Crippen LogP contribution in [0.5, 0.6) is 0 Å². The summed E-state index contributed by atoms with van der Waals surface area (Å²) in [5.74, 6) is 0. The Bertz CT molecular complexity index is 837. The van der Waals surface area contributed by atoms with Crippen LogP contribution >= 0.6 is 0 Å². The topological polar surface area (TPSA) is 68.5 Å². The lowest BCUT2D eigenvalue weighted by molar-refractivity contribution is 0.764. The molecule has 0 bridgehead atoms. The van der Waals surface area contributed by atoms with Crippen molar-refractivity contribution in [1.29, 1.82) is 0 Å². The molecule has 0 atom stereocenters. The average Bonchev–Trinajstić information content (AvgIpc) is 2.79. The van der Waals surface area contributed by atoms with Gasteiger partial charge in [-0.05, 0) is 19.9 Å². The van der Waals surface area contributed by atoms with Crippen molar-refractivity contribution >= 4 is 11.0 Å². The van der Waals surface area contributed by atoms with Crippen LogP contribution in [0, 0.1) is 13.8 Å². The molecular weight excluding hydrogens is 242 g/mol. The molecule has 0 aliphatic heterocycles. The predicted molar refractivity (Wildman–Crippen MR) is 73.0 cm³/mol. The summed E-state index contributed by atoms with van der Waals surface area (Å²) in [4.78, 5) is 14.7. The molecule has 0 saturated heterocycles. The first-order valence-electron chi connectivity index (χ1n) is 6.05. The highest BCUT2D eigenvalue weighted by Crippen LogP contribution is 2.28. The number of aromatic nitrogens is 5. The molecule has 1 N–H and O–H groups in total. The van der Waals surface area contributed by atoms with Gasteiger partial charge in [0.05, 0.1) is 17.1 Å². The largest absolute Gasteiger partial charge is 0.307 e. The quantitative estimate of drug-likeness (QED) is 0.714. The molecule has 3 rings (SSSR count). The van der Waals surface area contributed by atoms with Crippen LogP contribution in [0.25, 0.3) is 22.3 Å². The van der Waals surface area contributed by atoms with Gasteiger partial charge in [0.1, 0.15) is 5.65 Å². The summed E-state index contributed by atoms with van der Waals surface area (Å²) in [6, 6.07) is 3.58. The third kappa shape index (κ3) is 1.68. The molecule has 98 valence electrons. The van der Waals surface area contributed by atoms with Gasteiger partial charge in [-0.3, -0.25) is 14.2 Å². The van der Waals surface area contributed by atoms with E-state index in [2.05, 4.69) is 15.2 Å². The van der Waals surface area contributed by atoms with E-state index in [-0.39, 0.29) is 5.56 Å². The van der Waals surface area contributed by atoms with Gasteiger partial charge in [0.25, 0.3) is 0 Å². The molecule has 0 aliphatic carbocycles. The van der Waals surface area contributed by atoms with E-state index in [9.17, 15) is 4.79 Å². The highest BCUT2D eigenvalue weighted by molar-refractivity contribution is 5.93. The highest BCUT2D eigenvalue weighted by Gasteiger charge is 2.15. The lowest BCUT2D eigenvalue weighted by Gasteiger charge is -2.04. The Balaban J connectivity index is 2.47. The minimum absolute atomic E-state index is 0.135. The van der Waals surface area contributed by atoms with Crippen LogP contribution in [0.2, 0.25) is 0 Å². The summed E-state index contributed by atoms with van der Waals surface area (Å²) >= 11 is 0. The molecular formula is C13H15N5O. The maximum atomic E-state index is 11.8.